The number of rotatable bonds is 5. The van der Waals surface area contributed by atoms with Crippen molar-refractivity contribution in [2.45, 2.75) is 25.3 Å². The number of carbonyl (C=O) groups is 1. The number of nitrogens with zero attached hydrogens (tertiary/aromatic N) is 2. The summed E-state index contributed by atoms with van der Waals surface area (Å²) in [4.78, 5) is 19.4. The van der Waals surface area contributed by atoms with Gasteiger partial charge in [0.1, 0.15) is 10.8 Å². The predicted molar refractivity (Wildman–Crippen MR) is 110 cm³/mol. The number of likely N-dealkylation sites (tertiary alicyclic amines) is 1. The van der Waals surface area contributed by atoms with Gasteiger partial charge in [0.2, 0.25) is 5.91 Å². The van der Waals surface area contributed by atoms with Crippen LogP contribution in [0.3, 0.4) is 0 Å². The second kappa shape index (κ2) is 8.05. The minimum absolute atomic E-state index is 0.0693. The molecular weight excluding hydrogens is 403 g/mol. The van der Waals surface area contributed by atoms with Gasteiger partial charge in [0.25, 0.3) is 0 Å². The van der Waals surface area contributed by atoms with Crippen molar-refractivity contribution in [1.29, 1.82) is 0 Å². The van der Waals surface area contributed by atoms with Gasteiger partial charge in [-0.05, 0) is 37.1 Å². The molecule has 1 fully saturated rings. The number of hydrogen-bond donors (Lipinski definition) is 0. The molecule has 1 atom stereocenters. The zero-order valence-electron chi connectivity index (χ0n) is 14.5. The Balaban J connectivity index is 1.39. The molecule has 0 saturated carbocycles. The van der Waals surface area contributed by atoms with Crippen LogP contribution in [0.15, 0.2) is 42.5 Å². The van der Waals surface area contributed by atoms with Crippen LogP contribution in [0.4, 0.5) is 0 Å². The monoisotopic (exact) mass is 420 g/mol. The van der Waals surface area contributed by atoms with Crippen molar-refractivity contribution in [3.63, 3.8) is 0 Å². The highest BCUT2D eigenvalue weighted by Gasteiger charge is 2.31. The average molecular weight is 421 g/mol. The summed E-state index contributed by atoms with van der Waals surface area (Å²) in [6.45, 7) is 1.08. The first-order chi connectivity index (χ1) is 13.1. The summed E-state index contributed by atoms with van der Waals surface area (Å²) in [7, 11) is 0. The fourth-order valence-electron chi connectivity index (χ4n) is 3.32. The van der Waals surface area contributed by atoms with E-state index < -0.39 is 0 Å². The Bertz CT molecular complexity index is 943. The molecule has 0 spiro atoms. The van der Waals surface area contributed by atoms with Gasteiger partial charge in [0.15, 0.2) is 0 Å². The maximum atomic E-state index is 12.7. The third kappa shape index (κ3) is 4.05. The molecule has 140 valence electrons. The normalized spacial score (nSPS) is 16.8. The van der Waals surface area contributed by atoms with Crippen LogP contribution in [0.2, 0.25) is 10.0 Å². The highest BCUT2D eigenvalue weighted by molar-refractivity contribution is 7.18. The predicted octanol–water partition coefficient (Wildman–Crippen LogP) is 5.74. The fraction of sp³-hybridized carbons (Fsp3) is 0.300. The molecular formula is C20H18Cl2N2O2S. The van der Waals surface area contributed by atoms with Crippen molar-refractivity contribution in [2.24, 2.45) is 0 Å². The summed E-state index contributed by atoms with van der Waals surface area (Å²) in [5, 5.41) is 1.94. The smallest absolute Gasteiger partial charge is 0.226 e. The topological polar surface area (TPSA) is 42.4 Å². The van der Waals surface area contributed by atoms with Crippen molar-refractivity contribution in [2.75, 3.05) is 13.2 Å². The number of benzene rings is 2. The number of halogens is 2. The summed E-state index contributed by atoms with van der Waals surface area (Å²) in [6.07, 6.45) is 2.28. The van der Waals surface area contributed by atoms with Crippen LogP contribution in [0.5, 0.6) is 5.75 Å². The standard InChI is InChI=1S/C20H18Cl2N2O2S/c21-14-8-7-13(12-15(14)22)26-11-9-19(25)24-10-3-5-17(24)20-23-16-4-1-2-6-18(16)27-20/h1-2,4,6-8,12,17H,3,5,9-11H2. The molecule has 4 rings (SSSR count). The fourth-order valence-corrected chi connectivity index (χ4v) is 4.72. The lowest BCUT2D eigenvalue weighted by Crippen LogP contribution is -2.31. The van der Waals surface area contributed by atoms with Crippen molar-refractivity contribution in [3.8, 4) is 5.75 Å². The Morgan fingerprint density at radius 3 is 2.89 bits per heavy atom. The quantitative estimate of drug-likeness (QED) is 0.528. The van der Waals surface area contributed by atoms with E-state index in [9.17, 15) is 4.79 Å². The van der Waals surface area contributed by atoms with Gasteiger partial charge in [0, 0.05) is 12.6 Å². The van der Waals surface area contributed by atoms with E-state index in [2.05, 4.69) is 6.07 Å². The van der Waals surface area contributed by atoms with Crippen LogP contribution in [-0.2, 0) is 4.79 Å². The lowest BCUT2D eigenvalue weighted by molar-refractivity contribution is -0.132. The van der Waals surface area contributed by atoms with Gasteiger partial charge in [-0.1, -0.05) is 35.3 Å². The summed E-state index contributed by atoms with van der Waals surface area (Å²) in [5.41, 5.74) is 1.000. The van der Waals surface area contributed by atoms with Gasteiger partial charge in [-0.3, -0.25) is 4.79 Å². The molecule has 2 aromatic carbocycles. The van der Waals surface area contributed by atoms with Gasteiger partial charge in [-0.25, -0.2) is 4.98 Å². The molecule has 1 amide bonds. The molecule has 7 heteroatoms. The number of fused-ring (bicyclic) bond motifs is 1. The molecule has 1 aliphatic heterocycles. The molecule has 1 saturated heterocycles. The van der Waals surface area contributed by atoms with Gasteiger partial charge in [-0.15, -0.1) is 11.3 Å². The first-order valence-electron chi connectivity index (χ1n) is 8.84. The summed E-state index contributed by atoms with van der Waals surface area (Å²) in [6, 6.07) is 13.3. The Morgan fingerprint density at radius 2 is 2.07 bits per heavy atom. The first kappa shape index (κ1) is 18.5. The second-order valence-electron chi connectivity index (χ2n) is 6.44. The number of thiazole rings is 1. The van der Waals surface area contributed by atoms with E-state index >= 15 is 0 Å². The Morgan fingerprint density at radius 1 is 1.22 bits per heavy atom. The average Bonchev–Trinajstić information content (AvgIpc) is 3.30. The minimum Gasteiger partial charge on any atom is -0.493 e. The van der Waals surface area contributed by atoms with E-state index in [1.54, 1.807) is 29.5 Å². The van der Waals surface area contributed by atoms with Crippen LogP contribution in [0.1, 0.15) is 30.3 Å². The molecule has 27 heavy (non-hydrogen) atoms. The van der Waals surface area contributed by atoms with Crippen LogP contribution >= 0.6 is 34.5 Å². The van der Waals surface area contributed by atoms with Crippen LogP contribution in [0.25, 0.3) is 10.2 Å². The highest BCUT2D eigenvalue weighted by Crippen LogP contribution is 2.36. The number of hydrogen-bond acceptors (Lipinski definition) is 4. The summed E-state index contributed by atoms with van der Waals surface area (Å²) < 4.78 is 6.82. The summed E-state index contributed by atoms with van der Waals surface area (Å²) >= 11 is 13.6. The lowest BCUT2D eigenvalue weighted by Gasteiger charge is -2.23. The summed E-state index contributed by atoms with van der Waals surface area (Å²) in [5.74, 6) is 0.707. The molecule has 1 unspecified atom stereocenters. The van der Waals surface area contributed by atoms with Crippen molar-refractivity contribution in [3.05, 3.63) is 57.5 Å². The van der Waals surface area contributed by atoms with Gasteiger partial charge >= 0.3 is 0 Å². The zero-order chi connectivity index (χ0) is 18.8. The first-order valence-corrected chi connectivity index (χ1v) is 10.4. The van der Waals surface area contributed by atoms with Crippen LogP contribution in [0, 0.1) is 0 Å². The number of aromatic nitrogens is 1. The second-order valence-corrected chi connectivity index (χ2v) is 8.32. The van der Waals surface area contributed by atoms with E-state index in [1.165, 1.54) is 0 Å². The largest absolute Gasteiger partial charge is 0.493 e. The van der Waals surface area contributed by atoms with Gasteiger partial charge < -0.3 is 9.64 Å². The Hall–Kier alpha value is -1.82. The number of para-hydroxylation sites is 1. The van der Waals surface area contributed by atoms with E-state index in [0.717, 1.165) is 34.6 Å². The van der Waals surface area contributed by atoms with Crippen LogP contribution < -0.4 is 4.74 Å². The molecule has 4 nitrogen and oxygen atoms in total. The maximum absolute atomic E-state index is 12.7. The van der Waals surface area contributed by atoms with Gasteiger partial charge in [-0.2, -0.15) is 0 Å². The molecule has 0 aliphatic carbocycles. The number of ether oxygens (including phenoxy) is 1. The van der Waals surface area contributed by atoms with Crippen molar-refractivity contribution in [1.82, 2.24) is 9.88 Å². The van der Waals surface area contributed by atoms with E-state index in [-0.39, 0.29) is 11.9 Å². The zero-order valence-corrected chi connectivity index (χ0v) is 16.9. The third-order valence-electron chi connectivity index (χ3n) is 4.64. The molecule has 0 radical (unpaired) electrons. The van der Waals surface area contributed by atoms with Gasteiger partial charge in [0.05, 0.1) is 39.3 Å². The maximum Gasteiger partial charge on any atom is 0.226 e. The molecule has 1 aromatic heterocycles. The molecule has 2 heterocycles. The minimum atomic E-state index is 0.0693. The molecule has 3 aromatic rings. The Kier molecular flexibility index (Phi) is 5.53. The van der Waals surface area contributed by atoms with E-state index in [4.69, 9.17) is 32.9 Å². The van der Waals surface area contributed by atoms with Crippen molar-refractivity contribution < 1.29 is 9.53 Å². The van der Waals surface area contributed by atoms with E-state index in [0.29, 0.717) is 28.8 Å². The Labute approximate surface area is 171 Å². The lowest BCUT2D eigenvalue weighted by atomic mass is 10.2. The highest BCUT2D eigenvalue weighted by atomic mass is 35.5. The number of carbonyl (C=O) groups excluding carboxylic acids is 1. The molecule has 1 aliphatic rings. The third-order valence-corrected chi connectivity index (χ3v) is 6.52. The molecule has 0 N–H and O–H groups in total. The molecule has 0 bridgehead atoms. The van der Waals surface area contributed by atoms with E-state index in [1.807, 2.05) is 23.1 Å². The number of amides is 1. The van der Waals surface area contributed by atoms with Crippen LogP contribution in [-0.4, -0.2) is 28.9 Å². The van der Waals surface area contributed by atoms with Crippen molar-refractivity contribution >= 4 is 50.7 Å². The SMILES string of the molecule is O=C(CCOc1ccc(Cl)c(Cl)c1)N1CCCC1c1nc2ccccc2s1.